The van der Waals surface area contributed by atoms with Gasteiger partial charge < -0.3 is 23.7 Å². The lowest BCUT2D eigenvalue weighted by Gasteiger charge is -2.19. The Morgan fingerprint density at radius 2 is 1.71 bits per heavy atom. The van der Waals surface area contributed by atoms with Crippen LogP contribution >= 0.6 is 0 Å². The zero-order valence-corrected chi connectivity index (χ0v) is 19.5. The summed E-state index contributed by atoms with van der Waals surface area (Å²) in [7, 11) is 2.78. The van der Waals surface area contributed by atoms with Gasteiger partial charge in [-0.15, -0.1) is 0 Å². The Bertz CT molecular complexity index is 1380. The molecule has 0 spiro atoms. The van der Waals surface area contributed by atoms with Crippen LogP contribution in [-0.2, 0) is 16.0 Å². The molecule has 0 amide bonds. The molecule has 0 aliphatic carbocycles. The molecule has 0 aliphatic rings. The van der Waals surface area contributed by atoms with Crippen molar-refractivity contribution in [2.45, 2.75) is 18.8 Å². The van der Waals surface area contributed by atoms with Crippen molar-refractivity contribution in [3.63, 3.8) is 0 Å². The van der Waals surface area contributed by atoms with E-state index >= 15 is 0 Å². The van der Waals surface area contributed by atoms with Crippen molar-refractivity contribution in [1.29, 1.82) is 0 Å². The second-order valence-corrected chi connectivity index (χ2v) is 7.98. The van der Waals surface area contributed by atoms with E-state index in [0.29, 0.717) is 29.1 Å². The summed E-state index contributed by atoms with van der Waals surface area (Å²) in [5.41, 5.74) is 1.24. The SMILES string of the molecule is COC(=O)CC(c1ccc(OCCc2ccccc2)c(OC)c1)c1c(O)c2ccccc2oc1=O. The fourth-order valence-corrected chi connectivity index (χ4v) is 4.04. The van der Waals surface area contributed by atoms with E-state index in [4.69, 9.17) is 18.6 Å². The maximum absolute atomic E-state index is 12.9. The lowest BCUT2D eigenvalue weighted by molar-refractivity contribution is -0.140. The molecule has 0 saturated heterocycles. The van der Waals surface area contributed by atoms with Gasteiger partial charge in [-0.25, -0.2) is 4.79 Å². The van der Waals surface area contributed by atoms with Gasteiger partial charge >= 0.3 is 11.6 Å². The standard InChI is InChI=1S/C28H26O7/c1-32-24-16-19(12-13-23(24)34-15-14-18-8-4-3-5-9-18)21(17-25(29)33-2)26-27(30)20-10-6-7-11-22(20)35-28(26)31/h3-13,16,21,30H,14-15,17H2,1-2H3. The van der Waals surface area contributed by atoms with Crippen molar-refractivity contribution in [3.05, 3.63) is 99.9 Å². The lowest BCUT2D eigenvalue weighted by atomic mass is 9.88. The highest BCUT2D eigenvalue weighted by Crippen LogP contribution is 2.39. The van der Waals surface area contributed by atoms with Gasteiger partial charge in [0.15, 0.2) is 11.5 Å². The van der Waals surface area contributed by atoms with Gasteiger partial charge in [0.05, 0.1) is 38.2 Å². The lowest BCUT2D eigenvalue weighted by Crippen LogP contribution is -2.18. The number of para-hydroxylation sites is 1. The molecular weight excluding hydrogens is 448 g/mol. The fourth-order valence-electron chi connectivity index (χ4n) is 4.04. The first-order valence-corrected chi connectivity index (χ1v) is 11.2. The average Bonchev–Trinajstić information content (AvgIpc) is 2.88. The van der Waals surface area contributed by atoms with Gasteiger partial charge in [0.25, 0.3) is 0 Å². The van der Waals surface area contributed by atoms with E-state index in [0.717, 1.165) is 12.0 Å². The zero-order chi connectivity index (χ0) is 24.8. The first kappa shape index (κ1) is 23.9. The number of benzene rings is 3. The first-order chi connectivity index (χ1) is 17.0. The van der Waals surface area contributed by atoms with Crippen LogP contribution in [0.2, 0.25) is 0 Å². The molecule has 0 radical (unpaired) electrons. The minimum Gasteiger partial charge on any atom is -0.507 e. The normalized spacial score (nSPS) is 11.7. The molecule has 35 heavy (non-hydrogen) atoms. The average molecular weight is 475 g/mol. The molecule has 1 unspecified atom stereocenters. The fraction of sp³-hybridized carbons (Fsp3) is 0.214. The Hall–Kier alpha value is -4.26. The predicted molar refractivity (Wildman–Crippen MR) is 131 cm³/mol. The van der Waals surface area contributed by atoms with E-state index in [-0.39, 0.29) is 23.3 Å². The van der Waals surface area contributed by atoms with Crippen LogP contribution in [0.15, 0.2) is 82.0 Å². The highest BCUT2D eigenvalue weighted by molar-refractivity contribution is 5.84. The molecule has 1 N–H and O–H groups in total. The molecule has 3 aromatic carbocycles. The van der Waals surface area contributed by atoms with Gasteiger partial charge in [0.2, 0.25) is 0 Å². The molecule has 0 bridgehead atoms. The number of methoxy groups -OCH3 is 2. The monoisotopic (exact) mass is 474 g/mol. The predicted octanol–water partition coefficient (Wildman–Crippen LogP) is 4.82. The Kier molecular flexibility index (Phi) is 7.35. The minimum atomic E-state index is -0.824. The van der Waals surface area contributed by atoms with Crippen LogP contribution in [0.25, 0.3) is 11.0 Å². The van der Waals surface area contributed by atoms with Crippen LogP contribution in [-0.4, -0.2) is 31.9 Å². The summed E-state index contributed by atoms with van der Waals surface area (Å²) >= 11 is 0. The van der Waals surface area contributed by atoms with E-state index in [9.17, 15) is 14.7 Å². The molecule has 4 aromatic rings. The van der Waals surface area contributed by atoms with Crippen LogP contribution in [0.1, 0.15) is 29.0 Å². The van der Waals surface area contributed by atoms with Crippen molar-refractivity contribution < 1.29 is 28.5 Å². The Morgan fingerprint density at radius 1 is 0.971 bits per heavy atom. The number of ether oxygens (including phenoxy) is 3. The summed E-state index contributed by atoms with van der Waals surface area (Å²) in [6, 6.07) is 21.8. The smallest absolute Gasteiger partial charge is 0.343 e. The molecule has 0 fully saturated rings. The Labute approximate surface area is 202 Å². The number of aromatic hydroxyl groups is 1. The molecule has 4 rings (SSSR count). The number of hydrogen-bond acceptors (Lipinski definition) is 7. The summed E-state index contributed by atoms with van der Waals surface area (Å²) in [5.74, 6) is -0.624. The summed E-state index contributed by atoms with van der Waals surface area (Å²) in [4.78, 5) is 25.2. The molecule has 0 saturated carbocycles. The van der Waals surface area contributed by atoms with E-state index in [1.807, 2.05) is 30.3 Å². The van der Waals surface area contributed by atoms with Gasteiger partial charge in [-0.1, -0.05) is 48.5 Å². The van der Waals surface area contributed by atoms with Crippen LogP contribution in [0.5, 0.6) is 17.2 Å². The number of rotatable bonds is 9. The molecule has 1 heterocycles. The maximum Gasteiger partial charge on any atom is 0.343 e. The third-order valence-electron chi connectivity index (χ3n) is 5.85. The second-order valence-electron chi connectivity index (χ2n) is 7.98. The summed E-state index contributed by atoms with van der Waals surface area (Å²) in [6.45, 7) is 0.445. The molecule has 0 aliphatic heterocycles. The number of carbonyl (C=O) groups excluding carboxylic acids is 1. The van der Waals surface area contributed by atoms with Gasteiger partial charge in [0.1, 0.15) is 11.3 Å². The maximum atomic E-state index is 12.9. The van der Waals surface area contributed by atoms with Crippen molar-refractivity contribution >= 4 is 16.9 Å². The van der Waals surface area contributed by atoms with Gasteiger partial charge in [-0.3, -0.25) is 4.79 Å². The highest BCUT2D eigenvalue weighted by atomic mass is 16.5. The van der Waals surface area contributed by atoms with E-state index in [1.165, 1.54) is 14.2 Å². The van der Waals surface area contributed by atoms with E-state index < -0.39 is 17.5 Å². The number of carbonyl (C=O) groups is 1. The topological polar surface area (TPSA) is 95.2 Å². The van der Waals surface area contributed by atoms with Crippen molar-refractivity contribution in [1.82, 2.24) is 0 Å². The van der Waals surface area contributed by atoms with Crippen molar-refractivity contribution in [2.24, 2.45) is 0 Å². The molecule has 7 nitrogen and oxygen atoms in total. The third-order valence-corrected chi connectivity index (χ3v) is 5.85. The van der Waals surface area contributed by atoms with Crippen LogP contribution in [0, 0.1) is 0 Å². The zero-order valence-electron chi connectivity index (χ0n) is 19.5. The molecular formula is C28H26O7. The Balaban J connectivity index is 1.69. The van der Waals surface area contributed by atoms with Crippen molar-refractivity contribution in [3.8, 4) is 17.2 Å². The highest BCUT2D eigenvalue weighted by Gasteiger charge is 2.28. The van der Waals surface area contributed by atoms with Crippen LogP contribution in [0.4, 0.5) is 0 Å². The quantitative estimate of drug-likeness (QED) is 0.274. The molecule has 1 atom stereocenters. The third kappa shape index (κ3) is 5.30. The van der Waals surface area contributed by atoms with E-state index in [1.54, 1.807) is 42.5 Å². The number of hydrogen-bond donors (Lipinski definition) is 1. The summed E-state index contributed by atoms with van der Waals surface area (Å²) in [6.07, 6.45) is 0.549. The summed E-state index contributed by atoms with van der Waals surface area (Å²) in [5, 5.41) is 11.4. The van der Waals surface area contributed by atoms with Gasteiger partial charge in [0, 0.05) is 12.3 Å². The van der Waals surface area contributed by atoms with Gasteiger partial charge in [-0.05, 0) is 35.4 Å². The molecule has 180 valence electrons. The number of esters is 1. The number of fused-ring (bicyclic) bond motifs is 1. The second kappa shape index (κ2) is 10.8. The van der Waals surface area contributed by atoms with Crippen LogP contribution in [0.3, 0.4) is 0 Å². The summed E-state index contributed by atoms with van der Waals surface area (Å²) < 4.78 is 21.8. The van der Waals surface area contributed by atoms with Gasteiger partial charge in [-0.2, -0.15) is 0 Å². The first-order valence-electron chi connectivity index (χ1n) is 11.2. The van der Waals surface area contributed by atoms with Crippen LogP contribution < -0.4 is 15.1 Å². The van der Waals surface area contributed by atoms with Crippen molar-refractivity contribution in [2.75, 3.05) is 20.8 Å². The minimum absolute atomic E-state index is 0.0195. The molecule has 7 heteroatoms. The largest absolute Gasteiger partial charge is 0.507 e. The Morgan fingerprint density at radius 3 is 2.46 bits per heavy atom. The molecule has 1 aromatic heterocycles. The van der Waals surface area contributed by atoms with E-state index in [2.05, 4.69) is 0 Å².